The van der Waals surface area contributed by atoms with Crippen LogP contribution in [0.3, 0.4) is 0 Å². The van der Waals surface area contributed by atoms with Gasteiger partial charge < -0.3 is 10.3 Å². The summed E-state index contributed by atoms with van der Waals surface area (Å²) in [5.41, 5.74) is 9.44. The zero-order valence-corrected chi connectivity index (χ0v) is 13.1. The van der Waals surface area contributed by atoms with Gasteiger partial charge in [-0.15, -0.1) is 0 Å². The molecule has 0 saturated carbocycles. The number of fused-ring (bicyclic) bond motifs is 1. The van der Waals surface area contributed by atoms with Gasteiger partial charge in [0, 0.05) is 17.1 Å². The number of anilines is 1. The standard InChI is InChI=1S/C16H15Cl2N3/c1-2-7-21-14-6-4-3-5-13(14)20-16(21)11-8-10(17)9-12(18)15(11)19/h3-6,8-9H,2,7,19H2,1H3. The van der Waals surface area contributed by atoms with Crippen molar-refractivity contribution in [1.82, 2.24) is 9.55 Å². The molecule has 0 spiro atoms. The first-order valence-corrected chi connectivity index (χ1v) is 7.57. The van der Waals surface area contributed by atoms with Crippen LogP contribution in [0.1, 0.15) is 13.3 Å². The van der Waals surface area contributed by atoms with Gasteiger partial charge in [-0.1, -0.05) is 42.3 Å². The third kappa shape index (κ3) is 2.47. The first-order valence-electron chi connectivity index (χ1n) is 6.82. The number of imidazole rings is 1. The molecule has 108 valence electrons. The Kier molecular flexibility index (Phi) is 3.79. The van der Waals surface area contributed by atoms with Gasteiger partial charge in [0.1, 0.15) is 5.82 Å². The smallest absolute Gasteiger partial charge is 0.143 e. The van der Waals surface area contributed by atoms with Crippen LogP contribution in [0.4, 0.5) is 5.69 Å². The Bertz CT molecular complexity index is 809. The lowest BCUT2D eigenvalue weighted by molar-refractivity contribution is 0.704. The predicted octanol–water partition coefficient (Wildman–Crippen LogP) is 5.00. The quantitative estimate of drug-likeness (QED) is 0.690. The summed E-state index contributed by atoms with van der Waals surface area (Å²) >= 11 is 12.3. The highest BCUT2D eigenvalue weighted by molar-refractivity contribution is 6.37. The lowest BCUT2D eigenvalue weighted by atomic mass is 10.1. The zero-order valence-electron chi connectivity index (χ0n) is 11.6. The molecule has 3 aromatic rings. The molecule has 2 aromatic carbocycles. The van der Waals surface area contributed by atoms with Crippen molar-refractivity contribution in [3.8, 4) is 11.4 Å². The van der Waals surface area contributed by atoms with Crippen molar-refractivity contribution < 1.29 is 0 Å². The van der Waals surface area contributed by atoms with Gasteiger partial charge in [-0.25, -0.2) is 4.98 Å². The number of nitrogens with zero attached hydrogens (tertiary/aromatic N) is 2. The van der Waals surface area contributed by atoms with Crippen LogP contribution in [0, 0.1) is 0 Å². The number of hydrogen-bond donors (Lipinski definition) is 1. The van der Waals surface area contributed by atoms with E-state index in [0.717, 1.165) is 35.4 Å². The topological polar surface area (TPSA) is 43.8 Å². The van der Waals surface area contributed by atoms with E-state index in [0.29, 0.717) is 15.7 Å². The van der Waals surface area contributed by atoms with Crippen molar-refractivity contribution in [2.45, 2.75) is 19.9 Å². The number of hydrogen-bond acceptors (Lipinski definition) is 2. The number of nitrogens with two attached hydrogens (primary N) is 1. The molecule has 0 bridgehead atoms. The summed E-state index contributed by atoms with van der Waals surface area (Å²) in [5.74, 6) is 0.806. The van der Waals surface area contributed by atoms with Crippen LogP contribution in [0.5, 0.6) is 0 Å². The molecule has 0 atom stereocenters. The van der Waals surface area contributed by atoms with E-state index in [1.54, 1.807) is 6.07 Å². The molecule has 21 heavy (non-hydrogen) atoms. The second-order valence-electron chi connectivity index (χ2n) is 4.92. The Morgan fingerprint density at radius 1 is 1.19 bits per heavy atom. The van der Waals surface area contributed by atoms with Crippen LogP contribution < -0.4 is 5.73 Å². The van der Waals surface area contributed by atoms with Crippen LogP contribution in [0.25, 0.3) is 22.4 Å². The SMILES string of the molecule is CCCn1c(-c2cc(Cl)cc(Cl)c2N)nc2ccccc21. The minimum Gasteiger partial charge on any atom is -0.397 e. The van der Waals surface area contributed by atoms with Crippen molar-refractivity contribution in [2.75, 3.05) is 5.73 Å². The summed E-state index contributed by atoms with van der Waals surface area (Å²) in [5, 5.41) is 1.01. The van der Waals surface area contributed by atoms with E-state index in [9.17, 15) is 0 Å². The predicted molar refractivity (Wildman–Crippen MR) is 89.9 cm³/mol. The number of aromatic nitrogens is 2. The Labute approximate surface area is 133 Å². The van der Waals surface area contributed by atoms with Crippen LogP contribution in [-0.2, 0) is 6.54 Å². The van der Waals surface area contributed by atoms with Gasteiger partial charge in [0.25, 0.3) is 0 Å². The van der Waals surface area contributed by atoms with E-state index < -0.39 is 0 Å². The second-order valence-corrected chi connectivity index (χ2v) is 5.77. The van der Waals surface area contributed by atoms with Crippen LogP contribution >= 0.6 is 23.2 Å². The average Bonchev–Trinajstić information content (AvgIpc) is 2.82. The molecule has 1 heterocycles. The molecule has 0 unspecified atom stereocenters. The molecule has 0 aliphatic heterocycles. The lowest BCUT2D eigenvalue weighted by Gasteiger charge is -2.11. The number of aryl methyl sites for hydroxylation is 1. The van der Waals surface area contributed by atoms with Gasteiger partial charge in [-0.3, -0.25) is 0 Å². The highest BCUT2D eigenvalue weighted by Gasteiger charge is 2.16. The van der Waals surface area contributed by atoms with Crippen molar-refractivity contribution in [2.24, 2.45) is 0 Å². The third-order valence-electron chi connectivity index (χ3n) is 3.44. The Balaban J connectivity index is 2.32. The van der Waals surface area contributed by atoms with Crippen LogP contribution in [-0.4, -0.2) is 9.55 Å². The van der Waals surface area contributed by atoms with Gasteiger partial charge in [-0.05, 0) is 30.7 Å². The zero-order chi connectivity index (χ0) is 15.0. The second kappa shape index (κ2) is 5.58. The van der Waals surface area contributed by atoms with Gasteiger partial charge in [0.05, 0.1) is 21.7 Å². The fraction of sp³-hybridized carbons (Fsp3) is 0.188. The van der Waals surface area contributed by atoms with Gasteiger partial charge in [0.2, 0.25) is 0 Å². The largest absolute Gasteiger partial charge is 0.397 e. The van der Waals surface area contributed by atoms with E-state index in [1.165, 1.54) is 0 Å². The van der Waals surface area contributed by atoms with Gasteiger partial charge in [0.15, 0.2) is 0 Å². The van der Waals surface area contributed by atoms with Crippen LogP contribution in [0.15, 0.2) is 36.4 Å². The highest BCUT2D eigenvalue weighted by Crippen LogP contribution is 2.35. The number of nitrogen functional groups attached to an aromatic ring is 1. The van der Waals surface area contributed by atoms with Crippen LogP contribution in [0.2, 0.25) is 10.0 Å². The molecule has 3 nitrogen and oxygen atoms in total. The fourth-order valence-electron chi connectivity index (χ4n) is 2.50. The third-order valence-corrected chi connectivity index (χ3v) is 3.97. The summed E-state index contributed by atoms with van der Waals surface area (Å²) in [7, 11) is 0. The molecule has 0 saturated heterocycles. The Morgan fingerprint density at radius 3 is 2.71 bits per heavy atom. The monoisotopic (exact) mass is 319 g/mol. The molecule has 2 N–H and O–H groups in total. The molecule has 0 aliphatic carbocycles. The highest BCUT2D eigenvalue weighted by atomic mass is 35.5. The van der Waals surface area contributed by atoms with E-state index in [-0.39, 0.29) is 0 Å². The molecule has 0 radical (unpaired) electrons. The lowest BCUT2D eigenvalue weighted by Crippen LogP contribution is -2.02. The van der Waals surface area contributed by atoms with E-state index in [1.807, 2.05) is 24.3 Å². The number of benzene rings is 2. The maximum absolute atomic E-state index is 6.15. The summed E-state index contributed by atoms with van der Waals surface area (Å²) in [6.07, 6.45) is 1.00. The molecule has 3 rings (SSSR count). The van der Waals surface area contributed by atoms with E-state index >= 15 is 0 Å². The fourth-order valence-corrected chi connectivity index (χ4v) is 2.99. The molecule has 0 amide bonds. The minimum atomic E-state index is 0.451. The molecule has 0 aliphatic rings. The Morgan fingerprint density at radius 2 is 1.95 bits per heavy atom. The molecular formula is C16H15Cl2N3. The number of rotatable bonds is 3. The summed E-state index contributed by atoms with van der Waals surface area (Å²) < 4.78 is 2.16. The first-order chi connectivity index (χ1) is 10.1. The van der Waals surface area contributed by atoms with Gasteiger partial charge in [-0.2, -0.15) is 0 Å². The normalized spacial score (nSPS) is 11.2. The van der Waals surface area contributed by atoms with Crippen molar-refractivity contribution in [1.29, 1.82) is 0 Å². The number of para-hydroxylation sites is 2. The Hall–Kier alpha value is -1.71. The maximum atomic E-state index is 6.15. The van der Waals surface area contributed by atoms with E-state index in [2.05, 4.69) is 17.6 Å². The summed E-state index contributed by atoms with van der Waals surface area (Å²) in [4.78, 5) is 4.71. The average molecular weight is 320 g/mol. The molecule has 1 aromatic heterocycles. The van der Waals surface area contributed by atoms with Crippen molar-refractivity contribution in [3.63, 3.8) is 0 Å². The molecular weight excluding hydrogens is 305 g/mol. The van der Waals surface area contributed by atoms with Gasteiger partial charge >= 0.3 is 0 Å². The molecule has 5 heteroatoms. The minimum absolute atomic E-state index is 0.451. The van der Waals surface area contributed by atoms with Crippen molar-refractivity contribution >= 4 is 39.9 Å². The van der Waals surface area contributed by atoms with E-state index in [4.69, 9.17) is 33.9 Å². The first kappa shape index (κ1) is 14.2. The number of halogens is 2. The summed E-state index contributed by atoms with van der Waals surface area (Å²) in [6.45, 7) is 2.99. The van der Waals surface area contributed by atoms with Crippen molar-refractivity contribution in [3.05, 3.63) is 46.4 Å². The molecule has 0 fully saturated rings. The summed E-state index contributed by atoms with van der Waals surface area (Å²) in [6, 6.07) is 11.5. The maximum Gasteiger partial charge on any atom is 0.143 e.